The Kier molecular flexibility index (Phi) is 8.26. The average molecular weight is 641 g/mol. The number of likely N-dealkylation sites (tertiary alicyclic amines) is 1. The Balaban J connectivity index is 1.34. The number of halogens is 2. The normalized spacial score (nSPS) is 21.5. The van der Waals surface area contributed by atoms with Gasteiger partial charge in [0.15, 0.2) is 5.60 Å². The molecule has 3 N–H and O–H groups in total. The Labute approximate surface area is 263 Å². The topological polar surface area (TPSA) is 143 Å². The molecule has 0 radical (unpaired) electrons. The molecule has 1 aromatic heterocycles. The van der Waals surface area contributed by atoms with Gasteiger partial charge in [0.05, 0.1) is 37.4 Å². The van der Waals surface area contributed by atoms with Crippen LogP contribution in [0.4, 0.5) is 16.2 Å². The maximum Gasteiger partial charge on any atom is 0.412 e. The van der Waals surface area contributed by atoms with Gasteiger partial charge in [-0.3, -0.25) is 19.7 Å². The SMILES string of the molecule is COC(=O)Cc1ccc2c(c1)NC(=O)CCCC[C@H](C(=O)N1CCC[C@@]3(C1)OC(=O)Nc1ccc(Cl)cc13)c1nc-2c(Cl)[nH]1. The lowest BCUT2D eigenvalue weighted by atomic mass is 9.83. The molecule has 1 fully saturated rings. The minimum Gasteiger partial charge on any atom is -0.469 e. The molecule has 3 aliphatic heterocycles. The highest BCUT2D eigenvalue weighted by molar-refractivity contribution is 6.32. The molecule has 0 aliphatic carbocycles. The maximum atomic E-state index is 14.3. The van der Waals surface area contributed by atoms with E-state index in [-0.39, 0.29) is 36.4 Å². The first-order chi connectivity index (χ1) is 21.2. The number of benzene rings is 2. The van der Waals surface area contributed by atoms with Crippen molar-refractivity contribution in [3.63, 3.8) is 0 Å². The quantitative estimate of drug-likeness (QED) is 0.308. The van der Waals surface area contributed by atoms with E-state index in [1.54, 1.807) is 41.3 Å². The maximum absolute atomic E-state index is 14.3. The lowest BCUT2D eigenvalue weighted by molar-refractivity contribution is -0.141. The van der Waals surface area contributed by atoms with Crippen LogP contribution >= 0.6 is 23.2 Å². The molecule has 2 atom stereocenters. The largest absolute Gasteiger partial charge is 0.469 e. The Morgan fingerprint density at radius 2 is 1.93 bits per heavy atom. The summed E-state index contributed by atoms with van der Waals surface area (Å²) in [6, 6.07) is 10.4. The highest BCUT2D eigenvalue weighted by Crippen LogP contribution is 2.44. The lowest BCUT2D eigenvalue weighted by Crippen LogP contribution is -2.54. The summed E-state index contributed by atoms with van der Waals surface area (Å²) >= 11 is 13.0. The van der Waals surface area contributed by atoms with Gasteiger partial charge in [0.2, 0.25) is 11.8 Å². The molecule has 11 nitrogen and oxygen atoms in total. The van der Waals surface area contributed by atoms with E-state index in [1.807, 2.05) is 0 Å². The van der Waals surface area contributed by atoms with Crippen LogP contribution in [0.5, 0.6) is 0 Å². The van der Waals surface area contributed by atoms with Gasteiger partial charge in [-0.15, -0.1) is 0 Å². The zero-order chi connectivity index (χ0) is 31.0. The van der Waals surface area contributed by atoms with Crippen molar-refractivity contribution >= 4 is 58.5 Å². The van der Waals surface area contributed by atoms with Crippen LogP contribution in [0.2, 0.25) is 10.2 Å². The summed E-state index contributed by atoms with van der Waals surface area (Å²) in [4.78, 5) is 61.2. The highest BCUT2D eigenvalue weighted by Gasteiger charge is 2.47. The summed E-state index contributed by atoms with van der Waals surface area (Å²) in [6.45, 7) is 0.645. The fourth-order valence-corrected chi connectivity index (χ4v) is 6.70. The van der Waals surface area contributed by atoms with Gasteiger partial charge in [-0.05, 0) is 55.5 Å². The number of hydrogen-bond acceptors (Lipinski definition) is 7. The molecular weight excluding hydrogens is 609 g/mol. The number of piperidine rings is 1. The molecule has 230 valence electrons. The zero-order valence-corrected chi connectivity index (χ0v) is 25.5. The number of fused-ring (bicyclic) bond motifs is 6. The molecule has 13 heteroatoms. The number of imidazole rings is 1. The summed E-state index contributed by atoms with van der Waals surface area (Å²) < 4.78 is 10.7. The van der Waals surface area contributed by atoms with Crippen LogP contribution in [0.25, 0.3) is 11.3 Å². The molecule has 0 unspecified atom stereocenters. The standard InChI is InChI=1S/C31H31Cl2N5O6/c1-43-25(40)14-17-7-9-19-23(13-17)34-24(39)6-3-2-5-20(28-36-26(19)27(33)37-28)29(41)38-12-4-11-31(16-38)21-15-18(32)8-10-22(21)35-30(42)44-31/h7-10,13,15,20H,2-6,11-12,14,16H2,1H3,(H,34,39)(H,35,42)(H,36,37)/t20-,31-/m0/s1. The van der Waals surface area contributed by atoms with Crippen molar-refractivity contribution in [3.05, 3.63) is 63.5 Å². The fourth-order valence-electron chi connectivity index (χ4n) is 6.29. The number of aromatic nitrogens is 2. The van der Waals surface area contributed by atoms with E-state index in [0.29, 0.717) is 77.7 Å². The number of nitrogens with one attached hydrogen (secondary N) is 3. The summed E-state index contributed by atoms with van der Waals surface area (Å²) in [6.07, 6.45) is 2.45. The van der Waals surface area contributed by atoms with Gasteiger partial charge in [-0.2, -0.15) is 0 Å². The first-order valence-corrected chi connectivity index (χ1v) is 15.3. The molecule has 6 rings (SSSR count). The number of amides is 3. The molecule has 0 saturated carbocycles. The average Bonchev–Trinajstić information content (AvgIpc) is 3.37. The second-order valence-electron chi connectivity index (χ2n) is 11.3. The van der Waals surface area contributed by atoms with Gasteiger partial charge >= 0.3 is 12.1 Å². The molecule has 4 heterocycles. The molecular formula is C31H31Cl2N5O6. The van der Waals surface area contributed by atoms with Gasteiger partial charge in [-0.25, -0.2) is 9.78 Å². The molecule has 1 saturated heterocycles. The second kappa shape index (κ2) is 12.1. The Hall–Kier alpha value is -4.09. The number of H-pyrrole nitrogens is 1. The van der Waals surface area contributed by atoms with Crippen molar-refractivity contribution in [2.45, 2.75) is 56.5 Å². The van der Waals surface area contributed by atoms with Crippen LogP contribution in [-0.2, 0) is 35.9 Å². The number of esters is 1. The molecule has 44 heavy (non-hydrogen) atoms. The van der Waals surface area contributed by atoms with Crippen LogP contribution in [-0.4, -0.2) is 58.9 Å². The third-order valence-electron chi connectivity index (χ3n) is 8.41. The smallest absolute Gasteiger partial charge is 0.412 e. The van der Waals surface area contributed by atoms with E-state index < -0.39 is 23.6 Å². The van der Waals surface area contributed by atoms with Gasteiger partial charge in [0.25, 0.3) is 0 Å². The Morgan fingerprint density at radius 1 is 1.09 bits per heavy atom. The van der Waals surface area contributed by atoms with Crippen LogP contribution < -0.4 is 10.6 Å². The number of ether oxygens (including phenoxy) is 2. The zero-order valence-electron chi connectivity index (χ0n) is 24.0. The number of methoxy groups -OCH3 is 1. The summed E-state index contributed by atoms with van der Waals surface area (Å²) in [5.74, 6) is -1.03. The van der Waals surface area contributed by atoms with Crippen molar-refractivity contribution in [3.8, 4) is 11.3 Å². The Morgan fingerprint density at radius 3 is 2.75 bits per heavy atom. The predicted octanol–water partition coefficient (Wildman–Crippen LogP) is 5.78. The van der Waals surface area contributed by atoms with Gasteiger partial charge in [0, 0.05) is 29.1 Å². The van der Waals surface area contributed by atoms with E-state index in [2.05, 4.69) is 15.6 Å². The van der Waals surface area contributed by atoms with E-state index in [9.17, 15) is 19.2 Å². The third kappa shape index (κ3) is 5.86. The minimum absolute atomic E-state index is 0.0369. The molecule has 3 aromatic rings. The predicted molar refractivity (Wildman–Crippen MR) is 164 cm³/mol. The third-order valence-corrected chi connectivity index (χ3v) is 8.91. The number of hydrogen-bond donors (Lipinski definition) is 3. The minimum atomic E-state index is -1.03. The summed E-state index contributed by atoms with van der Waals surface area (Å²) in [5.41, 5.74) is 2.36. The van der Waals surface area contributed by atoms with Crippen molar-refractivity contribution in [1.29, 1.82) is 0 Å². The van der Waals surface area contributed by atoms with E-state index in [4.69, 9.17) is 37.7 Å². The molecule has 2 aromatic carbocycles. The summed E-state index contributed by atoms with van der Waals surface area (Å²) in [5, 5.41) is 6.39. The van der Waals surface area contributed by atoms with E-state index in [1.165, 1.54) is 7.11 Å². The van der Waals surface area contributed by atoms with Gasteiger partial charge in [-0.1, -0.05) is 41.8 Å². The first-order valence-electron chi connectivity index (χ1n) is 14.5. The molecule has 3 aliphatic rings. The number of nitrogens with zero attached hydrogens (tertiary/aromatic N) is 2. The molecule has 1 spiro atoms. The lowest BCUT2D eigenvalue weighted by Gasteiger charge is -2.45. The van der Waals surface area contributed by atoms with Crippen LogP contribution in [0.1, 0.15) is 61.4 Å². The monoisotopic (exact) mass is 639 g/mol. The van der Waals surface area contributed by atoms with Crippen LogP contribution in [0.15, 0.2) is 36.4 Å². The summed E-state index contributed by atoms with van der Waals surface area (Å²) in [7, 11) is 1.32. The number of carbonyl (C=O) groups excluding carboxylic acids is 4. The van der Waals surface area contributed by atoms with E-state index in [0.717, 1.165) is 5.56 Å². The first kappa shape index (κ1) is 30.0. The van der Waals surface area contributed by atoms with E-state index >= 15 is 0 Å². The molecule has 3 amide bonds. The van der Waals surface area contributed by atoms with Crippen molar-refractivity contribution < 1.29 is 28.7 Å². The Bertz CT molecular complexity index is 1660. The van der Waals surface area contributed by atoms with Gasteiger partial charge in [0.1, 0.15) is 16.7 Å². The number of aromatic amines is 1. The number of anilines is 2. The fraction of sp³-hybridized carbons (Fsp3) is 0.387. The van der Waals surface area contributed by atoms with Gasteiger partial charge < -0.3 is 24.7 Å². The van der Waals surface area contributed by atoms with Crippen LogP contribution in [0, 0.1) is 0 Å². The number of carbonyl (C=O) groups is 4. The van der Waals surface area contributed by atoms with Crippen molar-refractivity contribution in [1.82, 2.24) is 14.9 Å². The van der Waals surface area contributed by atoms with Crippen molar-refractivity contribution in [2.75, 3.05) is 30.8 Å². The second-order valence-corrected chi connectivity index (χ2v) is 12.1. The highest BCUT2D eigenvalue weighted by atomic mass is 35.5. The van der Waals surface area contributed by atoms with Crippen LogP contribution in [0.3, 0.4) is 0 Å². The molecule has 2 bridgehead atoms. The number of rotatable bonds is 3. The van der Waals surface area contributed by atoms with Crippen molar-refractivity contribution in [2.24, 2.45) is 0 Å².